The fourth-order valence-electron chi connectivity index (χ4n) is 1.50. The minimum absolute atomic E-state index is 0.395. The highest BCUT2D eigenvalue weighted by Gasteiger charge is 2.00. The number of ether oxygens (including phenoxy) is 1. The van der Waals surface area contributed by atoms with Crippen molar-refractivity contribution in [2.24, 2.45) is 5.10 Å². The molecule has 0 aliphatic rings. The molecule has 0 saturated carbocycles. The lowest BCUT2D eigenvalue weighted by atomic mass is 10.2. The number of benzene rings is 1. The number of rotatable bonds is 5. The van der Waals surface area contributed by atoms with Crippen LogP contribution in [0.3, 0.4) is 0 Å². The average molecular weight is 272 g/mol. The maximum atomic E-state index is 5.09. The van der Waals surface area contributed by atoms with Crippen LogP contribution >= 0.6 is 0 Å². The SMILES string of the molecule is CNc1nc(C)nc(N/N=C\c2ccc(OC)cc2)n1. The van der Waals surface area contributed by atoms with Gasteiger partial charge in [0.05, 0.1) is 13.3 Å². The van der Waals surface area contributed by atoms with E-state index in [1.165, 1.54) is 0 Å². The Morgan fingerprint density at radius 1 is 1.10 bits per heavy atom. The lowest BCUT2D eigenvalue weighted by molar-refractivity contribution is 0.415. The molecule has 0 bridgehead atoms. The molecule has 0 radical (unpaired) electrons. The minimum Gasteiger partial charge on any atom is -0.497 e. The highest BCUT2D eigenvalue weighted by Crippen LogP contribution is 2.10. The van der Waals surface area contributed by atoms with Crippen LogP contribution in [-0.4, -0.2) is 35.3 Å². The fourth-order valence-corrected chi connectivity index (χ4v) is 1.50. The van der Waals surface area contributed by atoms with Crippen molar-refractivity contribution in [3.8, 4) is 5.75 Å². The molecule has 0 amide bonds. The van der Waals surface area contributed by atoms with Crippen molar-refractivity contribution in [2.75, 3.05) is 24.9 Å². The maximum Gasteiger partial charge on any atom is 0.248 e. The predicted octanol–water partition coefficient (Wildman–Crippen LogP) is 1.68. The second kappa shape index (κ2) is 6.46. The van der Waals surface area contributed by atoms with E-state index >= 15 is 0 Å². The number of hydrazone groups is 1. The standard InChI is InChI=1S/C13H16N6O/c1-9-16-12(14-2)18-13(17-9)19-15-8-10-4-6-11(20-3)7-5-10/h4-8H,1-3H3,(H2,14,16,17,18,19)/b15-8-. The molecular weight excluding hydrogens is 256 g/mol. The zero-order valence-corrected chi connectivity index (χ0v) is 11.6. The molecule has 7 nitrogen and oxygen atoms in total. The summed E-state index contributed by atoms with van der Waals surface area (Å²) in [7, 11) is 3.38. The Balaban J connectivity index is 2.03. The molecule has 2 N–H and O–H groups in total. The van der Waals surface area contributed by atoms with Crippen molar-refractivity contribution in [3.63, 3.8) is 0 Å². The summed E-state index contributed by atoms with van der Waals surface area (Å²) in [6.45, 7) is 1.79. The summed E-state index contributed by atoms with van der Waals surface area (Å²) in [6.07, 6.45) is 1.68. The second-order valence-corrected chi connectivity index (χ2v) is 3.92. The minimum atomic E-state index is 0.395. The predicted molar refractivity (Wildman–Crippen MR) is 78.3 cm³/mol. The summed E-state index contributed by atoms with van der Waals surface area (Å²) in [4.78, 5) is 12.4. The van der Waals surface area contributed by atoms with E-state index in [-0.39, 0.29) is 0 Å². The van der Waals surface area contributed by atoms with Gasteiger partial charge in [0.1, 0.15) is 11.6 Å². The topological polar surface area (TPSA) is 84.3 Å². The van der Waals surface area contributed by atoms with Gasteiger partial charge in [0.15, 0.2) is 0 Å². The van der Waals surface area contributed by atoms with E-state index in [0.717, 1.165) is 11.3 Å². The van der Waals surface area contributed by atoms with Crippen LogP contribution in [0.15, 0.2) is 29.4 Å². The van der Waals surface area contributed by atoms with Crippen molar-refractivity contribution < 1.29 is 4.74 Å². The number of aryl methyl sites for hydroxylation is 1. The van der Waals surface area contributed by atoms with Crippen LogP contribution in [0.2, 0.25) is 0 Å². The number of nitrogens with one attached hydrogen (secondary N) is 2. The average Bonchev–Trinajstić information content (AvgIpc) is 2.47. The monoisotopic (exact) mass is 272 g/mol. The van der Waals surface area contributed by atoms with Crippen LogP contribution in [-0.2, 0) is 0 Å². The molecule has 1 heterocycles. The first kappa shape index (κ1) is 13.7. The Morgan fingerprint density at radius 3 is 2.45 bits per heavy atom. The zero-order chi connectivity index (χ0) is 14.4. The van der Waals surface area contributed by atoms with E-state index < -0.39 is 0 Å². The quantitative estimate of drug-likeness (QED) is 0.636. The molecule has 20 heavy (non-hydrogen) atoms. The van der Waals surface area contributed by atoms with Gasteiger partial charge in [-0.25, -0.2) is 5.43 Å². The van der Waals surface area contributed by atoms with Gasteiger partial charge in [-0.2, -0.15) is 20.1 Å². The van der Waals surface area contributed by atoms with Crippen molar-refractivity contribution >= 4 is 18.1 Å². The third-order valence-electron chi connectivity index (χ3n) is 2.46. The normalized spacial score (nSPS) is 10.6. The summed E-state index contributed by atoms with van der Waals surface area (Å²) in [5.41, 5.74) is 3.72. The largest absolute Gasteiger partial charge is 0.497 e. The van der Waals surface area contributed by atoms with Gasteiger partial charge >= 0.3 is 0 Å². The van der Waals surface area contributed by atoms with Crippen LogP contribution in [0.1, 0.15) is 11.4 Å². The number of hydrogen-bond acceptors (Lipinski definition) is 7. The smallest absolute Gasteiger partial charge is 0.248 e. The molecule has 0 unspecified atom stereocenters. The van der Waals surface area contributed by atoms with Crippen LogP contribution < -0.4 is 15.5 Å². The summed E-state index contributed by atoms with van der Waals surface area (Å²) in [6, 6.07) is 7.55. The first-order valence-corrected chi connectivity index (χ1v) is 6.05. The van der Waals surface area contributed by atoms with Crippen molar-refractivity contribution in [2.45, 2.75) is 6.92 Å². The number of anilines is 2. The molecule has 1 aromatic carbocycles. The molecule has 7 heteroatoms. The Morgan fingerprint density at radius 2 is 1.80 bits per heavy atom. The highest BCUT2D eigenvalue weighted by atomic mass is 16.5. The molecule has 2 rings (SSSR count). The summed E-state index contributed by atoms with van der Waals surface area (Å²) in [5.74, 6) is 2.32. The molecule has 0 spiro atoms. The van der Waals surface area contributed by atoms with Gasteiger partial charge in [-0.3, -0.25) is 0 Å². The van der Waals surface area contributed by atoms with Crippen LogP contribution in [0.25, 0.3) is 0 Å². The molecule has 0 saturated heterocycles. The summed E-state index contributed by atoms with van der Waals surface area (Å²) >= 11 is 0. The van der Waals surface area contributed by atoms with Gasteiger partial charge in [-0.15, -0.1) is 0 Å². The Kier molecular flexibility index (Phi) is 4.43. The van der Waals surface area contributed by atoms with Gasteiger partial charge in [-0.05, 0) is 36.8 Å². The summed E-state index contributed by atoms with van der Waals surface area (Å²) in [5, 5.41) is 6.95. The maximum absolute atomic E-state index is 5.09. The number of methoxy groups -OCH3 is 1. The van der Waals surface area contributed by atoms with E-state index in [9.17, 15) is 0 Å². The van der Waals surface area contributed by atoms with Crippen molar-refractivity contribution in [3.05, 3.63) is 35.7 Å². The molecule has 0 atom stereocenters. The Hall–Kier alpha value is -2.70. The first-order chi connectivity index (χ1) is 9.71. The number of hydrogen-bond donors (Lipinski definition) is 2. The van der Waals surface area contributed by atoms with E-state index in [4.69, 9.17) is 4.74 Å². The molecule has 2 aromatic rings. The highest BCUT2D eigenvalue weighted by molar-refractivity contribution is 5.80. The van der Waals surface area contributed by atoms with Crippen LogP contribution in [0.4, 0.5) is 11.9 Å². The third-order valence-corrected chi connectivity index (χ3v) is 2.46. The molecule has 0 aliphatic carbocycles. The van der Waals surface area contributed by atoms with E-state index in [2.05, 4.69) is 30.8 Å². The third kappa shape index (κ3) is 3.64. The van der Waals surface area contributed by atoms with Gasteiger partial charge in [-0.1, -0.05) is 0 Å². The first-order valence-electron chi connectivity index (χ1n) is 6.05. The van der Waals surface area contributed by atoms with E-state index in [1.807, 2.05) is 24.3 Å². The van der Waals surface area contributed by atoms with Gasteiger partial charge in [0.2, 0.25) is 11.9 Å². The lowest BCUT2D eigenvalue weighted by Gasteiger charge is -2.03. The second-order valence-electron chi connectivity index (χ2n) is 3.92. The molecule has 104 valence electrons. The molecule has 1 aromatic heterocycles. The Bertz CT molecular complexity index is 596. The van der Waals surface area contributed by atoms with Crippen LogP contribution in [0, 0.1) is 6.92 Å². The summed E-state index contributed by atoms with van der Waals surface area (Å²) < 4.78 is 5.09. The zero-order valence-electron chi connectivity index (χ0n) is 11.6. The van der Waals surface area contributed by atoms with Crippen molar-refractivity contribution in [1.82, 2.24) is 15.0 Å². The Labute approximate surface area is 117 Å². The van der Waals surface area contributed by atoms with Crippen molar-refractivity contribution in [1.29, 1.82) is 0 Å². The molecule has 0 fully saturated rings. The molecule has 0 aliphatic heterocycles. The van der Waals surface area contributed by atoms with Crippen LogP contribution in [0.5, 0.6) is 5.75 Å². The molecular formula is C13H16N6O. The van der Waals surface area contributed by atoms with Gasteiger partial charge < -0.3 is 10.1 Å². The lowest BCUT2D eigenvalue weighted by Crippen LogP contribution is -2.05. The van der Waals surface area contributed by atoms with Gasteiger partial charge in [0.25, 0.3) is 0 Å². The van der Waals surface area contributed by atoms with Gasteiger partial charge in [0, 0.05) is 7.05 Å². The number of aromatic nitrogens is 3. The number of nitrogens with zero attached hydrogens (tertiary/aromatic N) is 4. The fraction of sp³-hybridized carbons (Fsp3) is 0.231. The van der Waals surface area contributed by atoms with E-state index in [0.29, 0.717) is 17.7 Å². The van der Waals surface area contributed by atoms with E-state index in [1.54, 1.807) is 27.3 Å².